The largest absolute Gasteiger partial charge is 0.365 e. The van der Waals surface area contributed by atoms with Gasteiger partial charge in [0.25, 0.3) is 0 Å². The molecule has 0 bridgehead atoms. The van der Waals surface area contributed by atoms with E-state index in [0.29, 0.717) is 13.0 Å². The molecule has 2 aliphatic rings. The molecule has 3 rings (SSSR count). The maximum atomic E-state index is 13.9. The fourth-order valence-corrected chi connectivity index (χ4v) is 5.17. The molecule has 0 aromatic heterocycles. The van der Waals surface area contributed by atoms with Crippen LogP contribution in [0.25, 0.3) is 0 Å². The predicted molar refractivity (Wildman–Crippen MR) is 107 cm³/mol. The molecule has 1 atom stereocenters. The van der Waals surface area contributed by atoms with Crippen LogP contribution in [0.2, 0.25) is 0 Å². The highest BCUT2D eigenvalue weighted by molar-refractivity contribution is 7.89. The van der Waals surface area contributed by atoms with Crippen molar-refractivity contribution in [2.45, 2.75) is 50.6 Å². The molecule has 1 aliphatic heterocycles. The zero-order chi connectivity index (χ0) is 20.9. The topological polar surface area (TPSA) is 90.5 Å². The average Bonchev–Trinajstić information content (AvgIpc) is 3.09. The van der Waals surface area contributed by atoms with Crippen molar-refractivity contribution >= 4 is 21.7 Å². The van der Waals surface area contributed by atoms with E-state index in [4.69, 9.17) is 0 Å². The third-order valence-corrected chi connectivity index (χ3v) is 6.82. The highest BCUT2D eigenvalue weighted by Gasteiger charge is 2.28. The Morgan fingerprint density at radius 3 is 2.45 bits per heavy atom. The summed E-state index contributed by atoms with van der Waals surface area (Å²) in [7, 11) is -3.44. The second-order valence-electron chi connectivity index (χ2n) is 7.67. The molecule has 1 saturated heterocycles. The lowest BCUT2D eigenvalue weighted by Crippen LogP contribution is -2.46. The van der Waals surface area contributed by atoms with Gasteiger partial charge in [-0.25, -0.2) is 26.7 Å². The summed E-state index contributed by atoms with van der Waals surface area (Å²) in [5, 5.41) is 5.28. The van der Waals surface area contributed by atoms with Gasteiger partial charge in [0.2, 0.25) is 10.0 Å². The van der Waals surface area contributed by atoms with Gasteiger partial charge in [0.05, 0.1) is 5.75 Å². The van der Waals surface area contributed by atoms with E-state index in [-0.39, 0.29) is 36.6 Å². The number of hydrogen-bond acceptors (Lipinski definition) is 4. The summed E-state index contributed by atoms with van der Waals surface area (Å²) in [6, 6.07) is 2.95. The van der Waals surface area contributed by atoms with Crippen LogP contribution in [0.4, 0.5) is 19.3 Å². The van der Waals surface area contributed by atoms with Crippen LogP contribution >= 0.6 is 0 Å². The van der Waals surface area contributed by atoms with Crippen molar-refractivity contribution in [1.29, 1.82) is 0 Å². The molecule has 2 amide bonds. The number of rotatable bonds is 7. The first kappa shape index (κ1) is 21.8. The van der Waals surface area contributed by atoms with Gasteiger partial charge in [-0.3, -0.25) is 0 Å². The fraction of sp³-hybridized carbons (Fsp3) is 0.632. The van der Waals surface area contributed by atoms with E-state index in [9.17, 15) is 22.0 Å². The third-order valence-electron chi connectivity index (χ3n) is 5.38. The van der Waals surface area contributed by atoms with Gasteiger partial charge < -0.3 is 15.5 Å². The summed E-state index contributed by atoms with van der Waals surface area (Å²) in [6.07, 6.45) is 5.46. The van der Waals surface area contributed by atoms with Crippen molar-refractivity contribution in [3.05, 3.63) is 29.8 Å². The van der Waals surface area contributed by atoms with Crippen LogP contribution in [-0.4, -0.2) is 51.9 Å². The normalized spacial score (nSPS) is 20.6. The van der Waals surface area contributed by atoms with Crippen molar-refractivity contribution < 1.29 is 22.0 Å². The monoisotopic (exact) mass is 430 g/mol. The Hall–Kier alpha value is -1.94. The van der Waals surface area contributed by atoms with Gasteiger partial charge >= 0.3 is 6.03 Å². The Balaban J connectivity index is 1.40. The standard InChI is InChI=1S/C19H28F2N4O3S/c20-16-7-4-8-17(21)18(16)25-11-9-15(13-25)23-19(26)22-10-12-29(27,28)24-14-5-2-1-3-6-14/h4,7-8,14-15,24H,1-3,5-6,9-13H2,(H2,22,23,26). The second kappa shape index (κ2) is 9.71. The molecular weight excluding hydrogens is 402 g/mol. The van der Waals surface area contributed by atoms with Gasteiger partial charge in [0.15, 0.2) is 0 Å². The third kappa shape index (κ3) is 6.27. The Morgan fingerprint density at radius 1 is 1.07 bits per heavy atom. The van der Waals surface area contributed by atoms with Crippen molar-refractivity contribution in [2.75, 3.05) is 30.3 Å². The van der Waals surface area contributed by atoms with Crippen molar-refractivity contribution in [3.8, 4) is 0 Å². The van der Waals surface area contributed by atoms with Gasteiger partial charge in [-0.1, -0.05) is 25.3 Å². The molecule has 10 heteroatoms. The van der Waals surface area contributed by atoms with Crippen LogP contribution < -0.4 is 20.3 Å². The number of benzene rings is 1. The van der Waals surface area contributed by atoms with E-state index < -0.39 is 27.7 Å². The number of sulfonamides is 1. The number of para-hydroxylation sites is 1. The van der Waals surface area contributed by atoms with Crippen molar-refractivity contribution in [3.63, 3.8) is 0 Å². The van der Waals surface area contributed by atoms with Crippen molar-refractivity contribution in [2.24, 2.45) is 0 Å². The first-order valence-corrected chi connectivity index (χ1v) is 11.7. The van der Waals surface area contributed by atoms with Crippen LogP contribution in [0, 0.1) is 11.6 Å². The van der Waals surface area contributed by atoms with Crippen LogP contribution in [0.15, 0.2) is 18.2 Å². The Bertz CT molecular complexity index is 795. The van der Waals surface area contributed by atoms with Crippen LogP contribution in [0.1, 0.15) is 38.5 Å². The van der Waals surface area contributed by atoms with E-state index >= 15 is 0 Å². The molecule has 29 heavy (non-hydrogen) atoms. The molecule has 3 N–H and O–H groups in total. The number of carbonyl (C=O) groups excluding carboxylic acids is 1. The van der Waals surface area contributed by atoms with Crippen molar-refractivity contribution in [1.82, 2.24) is 15.4 Å². The van der Waals surface area contributed by atoms with Gasteiger partial charge in [-0.05, 0) is 31.4 Å². The molecule has 2 fully saturated rings. The highest BCUT2D eigenvalue weighted by Crippen LogP contribution is 2.26. The summed E-state index contributed by atoms with van der Waals surface area (Å²) in [6.45, 7) is 0.696. The van der Waals surface area contributed by atoms with E-state index in [1.807, 2.05) is 0 Å². The molecular formula is C19H28F2N4O3S. The molecule has 1 heterocycles. The quantitative estimate of drug-likeness (QED) is 0.618. The minimum Gasteiger partial charge on any atom is -0.365 e. The molecule has 0 radical (unpaired) electrons. The SMILES string of the molecule is O=C(NCCS(=O)(=O)NC1CCCCC1)NC1CCN(c2c(F)cccc2F)C1. The first-order chi connectivity index (χ1) is 13.8. The number of amides is 2. The fourth-order valence-electron chi connectivity index (χ4n) is 3.94. The van der Waals surface area contributed by atoms with E-state index in [1.54, 1.807) is 4.90 Å². The minimum atomic E-state index is -3.44. The molecule has 1 saturated carbocycles. The number of nitrogens with one attached hydrogen (secondary N) is 3. The van der Waals surface area contributed by atoms with E-state index in [0.717, 1.165) is 32.1 Å². The van der Waals surface area contributed by atoms with Crippen LogP contribution in [0.3, 0.4) is 0 Å². The summed E-state index contributed by atoms with van der Waals surface area (Å²) < 4.78 is 54.7. The summed E-state index contributed by atoms with van der Waals surface area (Å²) in [5.41, 5.74) is -0.0860. The molecule has 7 nitrogen and oxygen atoms in total. The maximum absolute atomic E-state index is 13.9. The average molecular weight is 431 g/mol. The van der Waals surface area contributed by atoms with Gasteiger partial charge in [0, 0.05) is 31.7 Å². The number of anilines is 1. The van der Waals surface area contributed by atoms with E-state index in [1.165, 1.54) is 18.2 Å². The summed E-state index contributed by atoms with van der Waals surface area (Å²) in [4.78, 5) is 13.6. The Labute approximate surface area is 170 Å². The van der Waals surface area contributed by atoms with Gasteiger partial charge in [0.1, 0.15) is 17.3 Å². The molecule has 1 aliphatic carbocycles. The van der Waals surface area contributed by atoms with Gasteiger partial charge in [-0.15, -0.1) is 0 Å². The molecule has 162 valence electrons. The zero-order valence-electron chi connectivity index (χ0n) is 16.3. The van der Waals surface area contributed by atoms with Crippen LogP contribution in [-0.2, 0) is 10.0 Å². The lowest BCUT2D eigenvalue weighted by Gasteiger charge is -2.22. The number of nitrogens with zero attached hydrogens (tertiary/aromatic N) is 1. The zero-order valence-corrected chi connectivity index (χ0v) is 17.1. The number of halogens is 2. The van der Waals surface area contributed by atoms with Gasteiger partial charge in [-0.2, -0.15) is 0 Å². The highest BCUT2D eigenvalue weighted by atomic mass is 32.2. The second-order valence-corrected chi connectivity index (χ2v) is 9.55. The molecule has 1 unspecified atom stereocenters. The van der Waals surface area contributed by atoms with Crippen LogP contribution in [0.5, 0.6) is 0 Å². The lowest BCUT2D eigenvalue weighted by atomic mass is 9.96. The lowest BCUT2D eigenvalue weighted by molar-refractivity contribution is 0.238. The molecule has 0 spiro atoms. The first-order valence-electron chi connectivity index (χ1n) is 10.1. The Kier molecular flexibility index (Phi) is 7.28. The molecule has 1 aromatic rings. The number of carbonyl (C=O) groups is 1. The minimum absolute atomic E-state index is 0.00768. The summed E-state index contributed by atoms with van der Waals surface area (Å²) in [5.74, 6) is -1.45. The Morgan fingerprint density at radius 2 is 1.76 bits per heavy atom. The van der Waals surface area contributed by atoms with E-state index in [2.05, 4.69) is 15.4 Å². The number of hydrogen-bond donors (Lipinski definition) is 3. The molecule has 1 aromatic carbocycles. The smallest absolute Gasteiger partial charge is 0.315 e. The maximum Gasteiger partial charge on any atom is 0.315 e. The predicted octanol–water partition coefficient (Wildman–Crippen LogP) is 2.09. The summed E-state index contributed by atoms with van der Waals surface area (Å²) >= 11 is 0. The number of urea groups is 1.